The molecule has 7 nitrogen and oxygen atoms in total. The fourth-order valence-corrected chi connectivity index (χ4v) is 2.42. The zero-order valence-electron chi connectivity index (χ0n) is 13.4. The Morgan fingerprint density at radius 1 is 1.46 bits per heavy atom. The van der Waals surface area contributed by atoms with Gasteiger partial charge in [-0.15, -0.1) is 0 Å². The van der Waals surface area contributed by atoms with Crippen molar-refractivity contribution >= 4 is 17.8 Å². The predicted octanol–water partition coefficient (Wildman–Crippen LogP) is 0.840. The van der Waals surface area contributed by atoms with E-state index in [0.717, 1.165) is 49.6 Å². The number of nitrogens with zero attached hydrogens (tertiary/aromatic N) is 3. The van der Waals surface area contributed by atoms with Gasteiger partial charge in [0.15, 0.2) is 0 Å². The monoisotopic (exact) mass is 324 g/mol. The van der Waals surface area contributed by atoms with Crippen LogP contribution in [0.3, 0.4) is 0 Å². The lowest BCUT2D eigenvalue weighted by Crippen LogP contribution is -2.40. The average Bonchev–Trinajstić information content (AvgIpc) is 3.10. The highest BCUT2D eigenvalue weighted by molar-refractivity contribution is 5.82. The van der Waals surface area contributed by atoms with Gasteiger partial charge in [0, 0.05) is 49.4 Å². The maximum absolute atomic E-state index is 5.33. The minimum Gasteiger partial charge on any atom is -0.379 e. The second kappa shape index (κ2) is 8.15. The highest BCUT2D eigenvalue weighted by Gasteiger charge is 2.08. The number of allylic oxidation sites excluding steroid dienone is 1. The number of aromatic nitrogens is 2. The number of hydrogen-bond donors (Lipinski definition) is 3. The molecule has 3 rings (SSSR count). The van der Waals surface area contributed by atoms with Gasteiger partial charge in [-0.1, -0.05) is 5.92 Å². The van der Waals surface area contributed by atoms with Crippen molar-refractivity contribution in [1.82, 2.24) is 25.6 Å². The smallest absolute Gasteiger partial charge is 0.138 e. The number of ether oxygens (including phenoxy) is 1. The Kier molecular flexibility index (Phi) is 5.45. The number of rotatable bonds is 5. The zero-order valence-corrected chi connectivity index (χ0v) is 13.4. The van der Waals surface area contributed by atoms with Gasteiger partial charge < -0.3 is 15.0 Å². The van der Waals surface area contributed by atoms with Crippen molar-refractivity contribution in [3.63, 3.8) is 0 Å². The lowest BCUT2D eigenvalue weighted by molar-refractivity contribution is 0.0359. The molecule has 2 aromatic rings. The molecule has 0 saturated carbocycles. The summed E-state index contributed by atoms with van der Waals surface area (Å²) in [6.45, 7) is 7.61. The number of nitrogens with one attached hydrogen (secondary N) is 3. The summed E-state index contributed by atoms with van der Waals surface area (Å²) < 4.78 is 5.33. The average molecular weight is 324 g/mol. The van der Waals surface area contributed by atoms with Crippen LogP contribution in [0.25, 0.3) is 11.0 Å². The van der Waals surface area contributed by atoms with E-state index in [1.54, 1.807) is 6.20 Å². The summed E-state index contributed by atoms with van der Waals surface area (Å²) in [7, 11) is 0. The molecule has 1 saturated heterocycles. The molecule has 0 unspecified atom stereocenters. The van der Waals surface area contributed by atoms with Crippen LogP contribution in [-0.4, -0.2) is 54.6 Å². The molecule has 0 bridgehead atoms. The molecule has 3 heterocycles. The first-order chi connectivity index (χ1) is 11.9. The summed E-state index contributed by atoms with van der Waals surface area (Å²) in [5, 5.41) is 7.95. The number of pyridine rings is 1. The van der Waals surface area contributed by atoms with Crippen molar-refractivity contribution in [3.05, 3.63) is 42.0 Å². The fourth-order valence-electron chi connectivity index (χ4n) is 2.42. The van der Waals surface area contributed by atoms with E-state index in [2.05, 4.69) is 49.3 Å². The highest BCUT2D eigenvalue weighted by atomic mass is 16.5. The van der Waals surface area contributed by atoms with Crippen LogP contribution >= 0.6 is 0 Å². The Morgan fingerprint density at radius 2 is 2.33 bits per heavy atom. The van der Waals surface area contributed by atoms with E-state index in [0.29, 0.717) is 5.70 Å². The summed E-state index contributed by atoms with van der Waals surface area (Å²) >= 11 is 0. The number of morpholine rings is 1. The van der Waals surface area contributed by atoms with Crippen LogP contribution < -0.4 is 10.7 Å². The third kappa shape index (κ3) is 4.13. The largest absolute Gasteiger partial charge is 0.379 e. The maximum atomic E-state index is 5.33. The number of hydrazone groups is 1. The first kappa shape index (κ1) is 16.1. The molecule has 3 N–H and O–H groups in total. The van der Waals surface area contributed by atoms with Crippen molar-refractivity contribution in [1.29, 1.82) is 0 Å². The molecule has 1 aliphatic heterocycles. The van der Waals surface area contributed by atoms with Gasteiger partial charge in [0.25, 0.3) is 0 Å². The van der Waals surface area contributed by atoms with E-state index in [1.807, 2.05) is 24.5 Å². The first-order valence-corrected chi connectivity index (χ1v) is 7.76. The minimum atomic E-state index is 0.652. The van der Waals surface area contributed by atoms with E-state index in [1.165, 1.54) is 0 Å². The number of aromatic amines is 1. The normalized spacial score (nSPS) is 15.6. The molecule has 1 aliphatic rings. The van der Waals surface area contributed by atoms with E-state index in [9.17, 15) is 0 Å². The van der Waals surface area contributed by atoms with Gasteiger partial charge >= 0.3 is 0 Å². The van der Waals surface area contributed by atoms with Crippen LogP contribution in [-0.2, 0) is 4.74 Å². The zero-order chi connectivity index (χ0) is 16.6. The Labute approximate surface area is 140 Å². The third-order valence-corrected chi connectivity index (χ3v) is 3.66. The molecule has 7 heteroatoms. The van der Waals surface area contributed by atoms with Crippen molar-refractivity contribution in [2.75, 3.05) is 33.0 Å². The summed E-state index contributed by atoms with van der Waals surface area (Å²) in [5.41, 5.74) is 5.19. The quantitative estimate of drug-likeness (QED) is 0.432. The molecule has 124 valence electrons. The first-order valence-electron chi connectivity index (χ1n) is 7.76. The summed E-state index contributed by atoms with van der Waals surface area (Å²) in [6, 6.07) is 3.86. The van der Waals surface area contributed by atoms with Crippen LogP contribution in [0.4, 0.5) is 0 Å². The van der Waals surface area contributed by atoms with Gasteiger partial charge in [-0.3, -0.25) is 10.3 Å². The van der Waals surface area contributed by atoms with Gasteiger partial charge in [-0.05, 0) is 18.1 Å². The minimum absolute atomic E-state index is 0.652. The van der Waals surface area contributed by atoms with Gasteiger partial charge in [0.05, 0.1) is 19.9 Å². The van der Waals surface area contributed by atoms with Gasteiger partial charge in [-0.25, -0.2) is 4.98 Å². The summed E-state index contributed by atoms with van der Waals surface area (Å²) in [6.07, 6.45) is 5.40. The van der Waals surface area contributed by atoms with E-state index in [4.69, 9.17) is 4.74 Å². The van der Waals surface area contributed by atoms with E-state index < -0.39 is 0 Å². The van der Waals surface area contributed by atoms with Crippen LogP contribution in [0.5, 0.6) is 0 Å². The van der Waals surface area contributed by atoms with E-state index in [-0.39, 0.29) is 0 Å². The molecule has 0 amide bonds. The molecular formula is C17H20N6O. The Morgan fingerprint density at radius 3 is 3.17 bits per heavy atom. The molecule has 0 aliphatic carbocycles. The standard InChI is InChI=1S/C17H20N6O/c1-18-22-15(12-19-13-23-8-10-24-11-9-23)3-2-14-4-6-20-17-16(14)5-7-21-17/h4-7,12,19,22H,1,8-11,13H2,(H,20,21)/b15-12-. The van der Waals surface area contributed by atoms with Gasteiger partial charge in [-0.2, -0.15) is 5.10 Å². The van der Waals surface area contributed by atoms with Crippen molar-refractivity contribution in [2.24, 2.45) is 5.10 Å². The molecular weight excluding hydrogens is 304 g/mol. The lowest BCUT2D eigenvalue weighted by atomic mass is 10.2. The maximum Gasteiger partial charge on any atom is 0.138 e. The number of H-pyrrole nitrogens is 1. The molecule has 0 aromatic carbocycles. The second-order valence-corrected chi connectivity index (χ2v) is 5.27. The molecule has 0 spiro atoms. The molecule has 24 heavy (non-hydrogen) atoms. The topological polar surface area (TPSA) is 77.6 Å². The van der Waals surface area contributed by atoms with E-state index >= 15 is 0 Å². The molecule has 0 radical (unpaired) electrons. The third-order valence-electron chi connectivity index (χ3n) is 3.66. The van der Waals surface area contributed by atoms with Crippen LogP contribution in [0.15, 0.2) is 41.5 Å². The van der Waals surface area contributed by atoms with Crippen LogP contribution in [0, 0.1) is 11.8 Å². The van der Waals surface area contributed by atoms with Gasteiger partial charge in [0.2, 0.25) is 0 Å². The molecule has 0 atom stereocenters. The van der Waals surface area contributed by atoms with Crippen molar-refractivity contribution < 1.29 is 4.74 Å². The second-order valence-electron chi connectivity index (χ2n) is 5.27. The fraction of sp³-hybridized carbons (Fsp3) is 0.294. The summed E-state index contributed by atoms with van der Waals surface area (Å²) in [4.78, 5) is 9.61. The van der Waals surface area contributed by atoms with Crippen molar-refractivity contribution in [2.45, 2.75) is 0 Å². The number of hydrogen-bond acceptors (Lipinski definition) is 6. The Bertz CT molecular complexity index is 779. The van der Waals surface area contributed by atoms with Crippen molar-refractivity contribution in [3.8, 4) is 11.8 Å². The summed E-state index contributed by atoms with van der Waals surface area (Å²) in [5.74, 6) is 6.22. The SMILES string of the molecule is C=NN/C(C#Cc1ccnc2[nH]ccc12)=C\NCN1CCOCC1. The lowest BCUT2D eigenvalue weighted by Gasteiger charge is -2.26. The Balaban J connectivity index is 1.68. The molecule has 1 fully saturated rings. The van der Waals surface area contributed by atoms with Crippen LogP contribution in [0.1, 0.15) is 5.56 Å². The Hall–Kier alpha value is -2.82. The number of fused-ring (bicyclic) bond motifs is 1. The predicted molar refractivity (Wildman–Crippen MR) is 94.1 cm³/mol. The van der Waals surface area contributed by atoms with Crippen LogP contribution in [0.2, 0.25) is 0 Å². The van der Waals surface area contributed by atoms with Gasteiger partial charge in [0.1, 0.15) is 11.3 Å². The molecule has 2 aromatic heterocycles. The highest BCUT2D eigenvalue weighted by Crippen LogP contribution is 2.13.